The Labute approximate surface area is 173 Å². The monoisotopic (exact) mass is 433 g/mol. The summed E-state index contributed by atoms with van der Waals surface area (Å²) in [5, 5.41) is 9.70. The molecule has 12 heteroatoms. The fourth-order valence-electron chi connectivity index (χ4n) is 2.67. The van der Waals surface area contributed by atoms with Crippen LogP contribution in [-0.2, 0) is 9.47 Å². The summed E-state index contributed by atoms with van der Waals surface area (Å²) in [5.74, 6) is -3.01. The molecule has 0 aliphatic heterocycles. The van der Waals surface area contributed by atoms with Crippen LogP contribution in [0.5, 0.6) is 0 Å². The van der Waals surface area contributed by atoms with Crippen LogP contribution in [0, 0.1) is 12.3 Å². The smallest absolute Gasteiger partial charge is 0.338 e. The maximum atomic E-state index is 15.4. The number of imidazole rings is 1. The molecule has 2 heterocycles. The van der Waals surface area contributed by atoms with Gasteiger partial charge in [-0.15, -0.1) is 6.42 Å². The topological polar surface area (TPSA) is 145 Å². The molecule has 0 bridgehead atoms. The third-order valence-electron chi connectivity index (χ3n) is 4.18. The molecule has 3 aromatic rings. The number of H-pyrrole nitrogens is 1. The quantitative estimate of drug-likeness (QED) is 0.348. The van der Waals surface area contributed by atoms with Crippen molar-refractivity contribution in [1.29, 1.82) is 0 Å². The summed E-state index contributed by atoms with van der Waals surface area (Å²) in [6, 6.07) is 7.60. The highest BCUT2D eigenvalue weighted by Gasteiger charge is 2.45. The van der Waals surface area contributed by atoms with E-state index in [1.165, 1.54) is 12.1 Å². The number of alkyl halides is 2. The van der Waals surface area contributed by atoms with E-state index in [1.807, 2.05) is 0 Å². The molecule has 0 aliphatic rings. The Morgan fingerprint density at radius 1 is 1.42 bits per heavy atom. The van der Waals surface area contributed by atoms with Crippen LogP contribution in [0.25, 0.3) is 11.2 Å². The Bertz CT molecular complexity index is 1180. The molecule has 0 unspecified atom stereocenters. The molecule has 2 aromatic heterocycles. The third-order valence-corrected chi connectivity index (χ3v) is 4.18. The van der Waals surface area contributed by atoms with Crippen LogP contribution in [-0.4, -0.2) is 55.8 Å². The molecule has 3 atom stereocenters. The average Bonchev–Trinajstić information content (AvgIpc) is 3.19. The molecular formula is C19H17F2N5O5. The van der Waals surface area contributed by atoms with Crippen LogP contribution in [0.3, 0.4) is 0 Å². The summed E-state index contributed by atoms with van der Waals surface area (Å²) in [7, 11) is 0. The molecule has 3 rings (SSSR count). The Balaban J connectivity index is 1.88. The number of fused-ring (bicyclic) bond motifs is 1. The van der Waals surface area contributed by atoms with Crippen molar-refractivity contribution in [2.45, 2.75) is 18.3 Å². The number of nitrogen functional groups attached to an aromatic ring is 1. The lowest BCUT2D eigenvalue weighted by Gasteiger charge is -2.30. The fourth-order valence-corrected chi connectivity index (χ4v) is 2.67. The van der Waals surface area contributed by atoms with Gasteiger partial charge in [-0.1, -0.05) is 24.1 Å². The number of halogens is 2. The van der Waals surface area contributed by atoms with Crippen LogP contribution in [0.4, 0.5) is 14.7 Å². The molecule has 0 aliphatic carbocycles. The lowest BCUT2D eigenvalue weighted by molar-refractivity contribution is -0.246. The number of anilines is 1. The molecule has 4 N–H and O–H groups in total. The summed E-state index contributed by atoms with van der Waals surface area (Å²) in [6.45, 7) is -2.11. The van der Waals surface area contributed by atoms with Crippen molar-refractivity contribution in [3.63, 3.8) is 0 Å². The Morgan fingerprint density at radius 3 is 2.77 bits per heavy atom. The van der Waals surface area contributed by atoms with Crippen LogP contribution in [0.1, 0.15) is 16.6 Å². The number of nitrogens with zero attached hydrogens (tertiary/aromatic N) is 3. The van der Waals surface area contributed by atoms with Gasteiger partial charge in [0.2, 0.25) is 12.1 Å². The predicted molar refractivity (Wildman–Crippen MR) is 104 cm³/mol. The minimum atomic E-state index is -3.34. The first kappa shape index (κ1) is 21.9. The summed E-state index contributed by atoms with van der Waals surface area (Å²) < 4.78 is 40.5. The molecule has 10 nitrogen and oxygen atoms in total. The van der Waals surface area contributed by atoms with Gasteiger partial charge in [0.25, 0.3) is 11.4 Å². The third kappa shape index (κ3) is 4.52. The van der Waals surface area contributed by atoms with Gasteiger partial charge in [0.05, 0.1) is 18.5 Å². The van der Waals surface area contributed by atoms with Crippen molar-refractivity contribution in [2.75, 3.05) is 18.9 Å². The molecule has 0 saturated heterocycles. The minimum Gasteiger partial charge on any atom is -0.456 e. The van der Waals surface area contributed by atoms with E-state index in [-0.39, 0.29) is 22.7 Å². The molecule has 0 fully saturated rings. The molecule has 0 saturated carbocycles. The molecule has 1 aromatic carbocycles. The van der Waals surface area contributed by atoms with Crippen molar-refractivity contribution >= 4 is 23.1 Å². The molecule has 0 radical (unpaired) electrons. The van der Waals surface area contributed by atoms with E-state index >= 15 is 4.39 Å². The first-order valence-corrected chi connectivity index (χ1v) is 8.81. The zero-order valence-corrected chi connectivity index (χ0v) is 15.9. The maximum Gasteiger partial charge on any atom is 0.338 e. The molecule has 0 spiro atoms. The second kappa shape index (κ2) is 8.90. The van der Waals surface area contributed by atoms with Crippen molar-refractivity contribution in [2.24, 2.45) is 0 Å². The first-order chi connectivity index (χ1) is 14.8. The van der Waals surface area contributed by atoms with Gasteiger partial charge in [-0.3, -0.25) is 14.3 Å². The number of aromatic nitrogens is 4. The molecule has 31 heavy (non-hydrogen) atoms. The fraction of sp³-hybridized carbons (Fsp3) is 0.263. The van der Waals surface area contributed by atoms with Crippen LogP contribution < -0.4 is 11.3 Å². The van der Waals surface area contributed by atoms with Crippen molar-refractivity contribution in [3.8, 4) is 12.3 Å². The molecular weight excluding hydrogens is 416 g/mol. The summed E-state index contributed by atoms with van der Waals surface area (Å²) in [4.78, 5) is 33.9. The Hall–Kier alpha value is -3.82. The molecule has 162 valence electrons. The normalized spacial score (nSPS) is 15.0. The SMILES string of the molecule is C#C[C@H](F)[C@@](F)(COC(=O)c1ccccc1)O[C@H](CO)n1cnc2c(=O)[nH]c(N)nc21. The zero-order chi connectivity index (χ0) is 22.6. The van der Waals surface area contributed by atoms with E-state index in [4.69, 9.17) is 21.6 Å². The zero-order valence-electron chi connectivity index (χ0n) is 15.9. The lowest BCUT2D eigenvalue weighted by Crippen LogP contribution is -2.45. The summed E-state index contributed by atoms with van der Waals surface area (Å²) in [6.07, 6.45) is 1.72. The van der Waals surface area contributed by atoms with Gasteiger partial charge in [-0.2, -0.15) is 4.98 Å². The van der Waals surface area contributed by atoms with E-state index in [0.29, 0.717) is 0 Å². The number of aliphatic hydroxyl groups is 1. The number of nitrogens with two attached hydrogens (primary N) is 1. The number of hydrogen-bond acceptors (Lipinski definition) is 8. The van der Waals surface area contributed by atoms with Gasteiger partial charge in [-0.05, 0) is 12.1 Å². The first-order valence-electron chi connectivity index (χ1n) is 8.81. The summed E-state index contributed by atoms with van der Waals surface area (Å²) >= 11 is 0. The maximum absolute atomic E-state index is 15.4. The second-order valence-electron chi connectivity index (χ2n) is 6.29. The van der Waals surface area contributed by atoms with E-state index in [2.05, 4.69) is 15.0 Å². The van der Waals surface area contributed by atoms with Gasteiger partial charge < -0.3 is 20.3 Å². The molecule has 0 amide bonds. The van der Waals surface area contributed by atoms with Crippen LogP contribution >= 0.6 is 0 Å². The Morgan fingerprint density at radius 2 is 2.13 bits per heavy atom. The summed E-state index contributed by atoms with van der Waals surface area (Å²) in [5.41, 5.74) is 4.58. The number of carbonyl (C=O) groups excluding carboxylic acids is 1. The average molecular weight is 433 g/mol. The number of esters is 1. The number of carbonyl (C=O) groups is 1. The largest absolute Gasteiger partial charge is 0.456 e. The number of nitrogens with one attached hydrogen (secondary N) is 1. The predicted octanol–water partition coefficient (Wildman–Crippen LogP) is 0.703. The lowest BCUT2D eigenvalue weighted by atomic mass is 10.2. The number of aliphatic hydroxyl groups excluding tert-OH is 1. The van der Waals surface area contributed by atoms with Gasteiger partial charge in [0.15, 0.2) is 24.0 Å². The van der Waals surface area contributed by atoms with Crippen LogP contribution in [0.2, 0.25) is 0 Å². The standard InChI is InChI=1S/C19H17F2N5O5/c1-2-12(20)19(21,9-30-17(29)11-6-4-3-5-7-11)31-13(8-27)26-10-23-14-15(26)24-18(22)25-16(14)28/h1,3-7,10,12-13,27H,8-9H2,(H3,22,24,25,28)/t12-,13+,19+/m0/s1. The highest BCUT2D eigenvalue weighted by molar-refractivity contribution is 5.89. The number of benzene rings is 1. The number of terminal acetylenes is 1. The second-order valence-corrected chi connectivity index (χ2v) is 6.29. The van der Waals surface area contributed by atoms with E-state index in [1.54, 1.807) is 24.1 Å². The number of aromatic amines is 1. The van der Waals surface area contributed by atoms with Gasteiger partial charge in [0.1, 0.15) is 0 Å². The van der Waals surface area contributed by atoms with Crippen molar-refractivity contribution < 1.29 is 28.2 Å². The van der Waals surface area contributed by atoms with Gasteiger partial charge in [-0.25, -0.2) is 18.6 Å². The number of rotatable bonds is 8. The van der Waals surface area contributed by atoms with E-state index in [9.17, 15) is 19.1 Å². The number of ether oxygens (including phenoxy) is 2. The van der Waals surface area contributed by atoms with E-state index < -0.39 is 43.0 Å². The van der Waals surface area contributed by atoms with Gasteiger partial charge in [0, 0.05) is 0 Å². The van der Waals surface area contributed by atoms with Crippen LogP contribution in [0.15, 0.2) is 41.5 Å². The Kier molecular flexibility index (Phi) is 6.28. The highest BCUT2D eigenvalue weighted by atomic mass is 19.2. The minimum absolute atomic E-state index is 0.0965. The highest BCUT2D eigenvalue weighted by Crippen LogP contribution is 2.29. The van der Waals surface area contributed by atoms with Crippen molar-refractivity contribution in [3.05, 3.63) is 52.6 Å². The van der Waals surface area contributed by atoms with Gasteiger partial charge >= 0.3 is 5.97 Å². The van der Waals surface area contributed by atoms with E-state index in [0.717, 1.165) is 10.9 Å². The van der Waals surface area contributed by atoms with Crippen molar-refractivity contribution in [1.82, 2.24) is 19.5 Å². The number of hydrogen-bond donors (Lipinski definition) is 3.